The molecule has 0 saturated carbocycles. The molecule has 17 heavy (non-hydrogen) atoms. The van der Waals surface area contributed by atoms with Gasteiger partial charge in [0.1, 0.15) is 19.6 Å². The number of morpholine rings is 1. The molecule has 0 unspecified atom stereocenters. The van der Waals surface area contributed by atoms with Gasteiger partial charge in [0.05, 0.1) is 26.4 Å². The maximum atomic E-state index is 9.22. The average Bonchev–Trinajstić information content (AvgIpc) is 2.39. The summed E-state index contributed by atoms with van der Waals surface area (Å²) in [6.45, 7) is 5.96. The van der Waals surface area contributed by atoms with Gasteiger partial charge in [0.15, 0.2) is 0 Å². The zero-order valence-corrected chi connectivity index (χ0v) is 10.3. The van der Waals surface area contributed by atoms with Gasteiger partial charge in [-0.05, 0) is 5.56 Å². The molecule has 0 radical (unpaired) electrons. The monoisotopic (exact) mass is 236 g/mol. The zero-order chi connectivity index (χ0) is 12.0. The SMILES string of the molecule is OCC[N+]1(CCc2ccccc2)CCOCC1. The summed E-state index contributed by atoms with van der Waals surface area (Å²) >= 11 is 0. The Morgan fingerprint density at radius 2 is 1.76 bits per heavy atom. The van der Waals surface area contributed by atoms with Crippen molar-refractivity contribution in [3.8, 4) is 0 Å². The van der Waals surface area contributed by atoms with E-state index < -0.39 is 0 Å². The minimum Gasteiger partial charge on any atom is -0.391 e. The minimum absolute atomic E-state index is 0.273. The van der Waals surface area contributed by atoms with Gasteiger partial charge < -0.3 is 14.3 Å². The summed E-state index contributed by atoms with van der Waals surface area (Å²) in [6, 6.07) is 10.6. The molecule has 1 fully saturated rings. The van der Waals surface area contributed by atoms with Crippen molar-refractivity contribution >= 4 is 0 Å². The molecule has 1 aromatic rings. The smallest absolute Gasteiger partial charge is 0.103 e. The molecule has 0 bridgehead atoms. The first kappa shape index (κ1) is 12.6. The van der Waals surface area contributed by atoms with Crippen molar-refractivity contribution in [1.29, 1.82) is 0 Å². The molecule has 1 aliphatic heterocycles. The lowest BCUT2D eigenvalue weighted by molar-refractivity contribution is -0.935. The van der Waals surface area contributed by atoms with E-state index in [1.807, 2.05) is 0 Å². The predicted molar refractivity (Wildman–Crippen MR) is 67.8 cm³/mol. The number of aliphatic hydroxyl groups excluding tert-OH is 1. The molecule has 3 heteroatoms. The highest BCUT2D eigenvalue weighted by molar-refractivity contribution is 5.14. The van der Waals surface area contributed by atoms with Gasteiger partial charge in [0, 0.05) is 6.42 Å². The average molecular weight is 236 g/mol. The Balaban J connectivity index is 1.93. The van der Waals surface area contributed by atoms with Gasteiger partial charge in [-0.15, -0.1) is 0 Å². The van der Waals surface area contributed by atoms with Crippen LogP contribution in [0, 0.1) is 0 Å². The standard InChI is InChI=1S/C14H22NO2/c16-11-8-15(9-12-17-13-10-15)7-6-14-4-2-1-3-5-14/h1-5,16H,6-13H2/q+1. The molecule has 1 aliphatic rings. The Labute approximate surface area is 103 Å². The maximum absolute atomic E-state index is 9.22. The Morgan fingerprint density at radius 3 is 2.41 bits per heavy atom. The lowest BCUT2D eigenvalue weighted by atomic mass is 10.1. The molecular formula is C14H22NO2+. The Morgan fingerprint density at radius 1 is 1.06 bits per heavy atom. The number of hydrogen-bond acceptors (Lipinski definition) is 2. The van der Waals surface area contributed by atoms with Crippen LogP contribution in [0.4, 0.5) is 0 Å². The second-order valence-electron chi connectivity index (χ2n) is 4.81. The molecule has 94 valence electrons. The molecule has 1 heterocycles. The maximum Gasteiger partial charge on any atom is 0.103 e. The summed E-state index contributed by atoms with van der Waals surface area (Å²) < 4.78 is 6.43. The predicted octanol–water partition coefficient (Wildman–Crippen LogP) is 1.07. The summed E-state index contributed by atoms with van der Waals surface area (Å²) in [5.41, 5.74) is 1.38. The zero-order valence-electron chi connectivity index (χ0n) is 10.3. The second-order valence-corrected chi connectivity index (χ2v) is 4.81. The van der Waals surface area contributed by atoms with Crippen LogP contribution in [0.25, 0.3) is 0 Å². The van der Waals surface area contributed by atoms with Gasteiger partial charge in [0.2, 0.25) is 0 Å². The van der Waals surface area contributed by atoms with E-state index in [9.17, 15) is 5.11 Å². The molecule has 0 spiro atoms. The molecule has 3 nitrogen and oxygen atoms in total. The van der Waals surface area contributed by atoms with Gasteiger partial charge in [-0.1, -0.05) is 30.3 Å². The van der Waals surface area contributed by atoms with E-state index in [0.717, 1.165) is 50.3 Å². The molecule has 0 aromatic heterocycles. The van der Waals surface area contributed by atoms with Crippen LogP contribution in [0.15, 0.2) is 30.3 Å². The van der Waals surface area contributed by atoms with E-state index in [0.29, 0.717) is 0 Å². The van der Waals surface area contributed by atoms with Crippen LogP contribution in [0.3, 0.4) is 0 Å². The fourth-order valence-electron chi connectivity index (χ4n) is 2.51. The first-order valence-electron chi connectivity index (χ1n) is 6.42. The van der Waals surface area contributed by atoms with Gasteiger partial charge >= 0.3 is 0 Å². The topological polar surface area (TPSA) is 29.5 Å². The van der Waals surface area contributed by atoms with E-state index in [1.165, 1.54) is 5.56 Å². The first-order chi connectivity index (χ1) is 8.35. The largest absolute Gasteiger partial charge is 0.391 e. The lowest BCUT2D eigenvalue weighted by Crippen LogP contribution is -2.57. The van der Waals surface area contributed by atoms with Crippen LogP contribution in [0.1, 0.15) is 5.56 Å². The van der Waals surface area contributed by atoms with E-state index in [4.69, 9.17) is 4.74 Å². The normalized spacial score (nSPS) is 19.1. The van der Waals surface area contributed by atoms with Crippen molar-refractivity contribution in [3.63, 3.8) is 0 Å². The van der Waals surface area contributed by atoms with Crippen molar-refractivity contribution in [3.05, 3.63) is 35.9 Å². The fraction of sp³-hybridized carbons (Fsp3) is 0.571. The Kier molecular flexibility index (Phi) is 4.54. The molecule has 0 aliphatic carbocycles. The second kappa shape index (κ2) is 6.15. The van der Waals surface area contributed by atoms with E-state index in [-0.39, 0.29) is 6.61 Å². The highest BCUT2D eigenvalue weighted by Crippen LogP contribution is 2.13. The summed E-state index contributed by atoms with van der Waals surface area (Å²) in [6.07, 6.45) is 1.08. The quantitative estimate of drug-likeness (QED) is 0.775. The molecule has 0 atom stereocenters. The third-order valence-electron chi connectivity index (χ3n) is 3.71. The van der Waals surface area contributed by atoms with Gasteiger partial charge in [0.25, 0.3) is 0 Å². The van der Waals surface area contributed by atoms with Crippen molar-refractivity contribution in [2.75, 3.05) is 46.0 Å². The third-order valence-corrected chi connectivity index (χ3v) is 3.71. The number of aliphatic hydroxyl groups is 1. The number of benzene rings is 1. The van der Waals surface area contributed by atoms with E-state index >= 15 is 0 Å². The van der Waals surface area contributed by atoms with Crippen LogP contribution < -0.4 is 0 Å². The Hall–Kier alpha value is -0.900. The molecular weight excluding hydrogens is 214 g/mol. The summed E-state index contributed by atoms with van der Waals surface area (Å²) in [4.78, 5) is 0. The van der Waals surface area contributed by atoms with Crippen LogP contribution in [-0.4, -0.2) is 55.6 Å². The lowest BCUT2D eigenvalue weighted by Gasteiger charge is -2.41. The molecule has 0 amide bonds. The third kappa shape index (κ3) is 3.53. The van der Waals surface area contributed by atoms with Crippen LogP contribution in [-0.2, 0) is 11.2 Å². The molecule has 1 aromatic carbocycles. The summed E-state index contributed by atoms with van der Waals surface area (Å²) in [7, 11) is 0. The number of quaternary nitrogens is 1. The number of ether oxygens (including phenoxy) is 1. The van der Waals surface area contributed by atoms with E-state index in [2.05, 4.69) is 30.3 Å². The number of rotatable bonds is 5. The number of nitrogens with zero attached hydrogens (tertiary/aromatic N) is 1. The summed E-state index contributed by atoms with van der Waals surface area (Å²) in [5.74, 6) is 0. The number of hydrogen-bond donors (Lipinski definition) is 1. The van der Waals surface area contributed by atoms with Crippen molar-refractivity contribution in [1.82, 2.24) is 0 Å². The van der Waals surface area contributed by atoms with Gasteiger partial charge in [-0.2, -0.15) is 0 Å². The summed E-state index contributed by atoms with van der Waals surface area (Å²) in [5, 5.41) is 9.22. The van der Waals surface area contributed by atoms with Crippen molar-refractivity contribution in [2.45, 2.75) is 6.42 Å². The van der Waals surface area contributed by atoms with Crippen LogP contribution in [0.2, 0.25) is 0 Å². The van der Waals surface area contributed by atoms with Gasteiger partial charge in [-0.3, -0.25) is 0 Å². The highest BCUT2D eigenvalue weighted by Gasteiger charge is 2.29. The fourth-order valence-corrected chi connectivity index (χ4v) is 2.51. The Bertz CT molecular complexity index is 315. The van der Waals surface area contributed by atoms with Crippen LogP contribution >= 0.6 is 0 Å². The molecule has 2 rings (SSSR count). The van der Waals surface area contributed by atoms with Gasteiger partial charge in [-0.25, -0.2) is 0 Å². The molecule has 1 N–H and O–H groups in total. The van der Waals surface area contributed by atoms with Crippen molar-refractivity contribution in [2.24, 2.45) is 0 Å². The first-order valence-corrected chi connectivity index (χ1v) is 6.42. The van der Waals surface area contributed by atoms with Crippen LogP contribution in [0.5, 0.6) is 0 Å². The van der Waals surface area contributed by atoms with Crippen molar-refractivity contribution < 1.29 is 14.3 Å². The molecule has 1 saturated heterocycles. The minimum atomic E-state index is 0.273. The van der Waals surface area contributed by atoms with E-state index in [1.54, 1.807) is 0 Å². The highest BCUT2D eigenvalue weighted by atomic mass is 16.5.